The summed E-state index contributed by atoms with van der Waals surface area (Å²) >= 11 is 4.11. The van der Waals surface area contributed by atoms with E-state index in [1.165, 1.54) is 12.5 Å². The van der Waals surface area contributed by atoms with Crippen molar-refractivity contribution in [2.75, 3.05) is 12.3 Å². The SMILES string of the molecule is CC(C)C(NC(=O)C(CS)NC(=O)C(Cc1cnc[nH]1)NC(=O)C(N)CCCCN)C(=O)O. The number of carboxylic acid groups (broad SMARTS) is 1. The number of imidazole rings is 1. The Kier molecular flexibility index (Phi) is 12.5. The largest absolute Gasteiger partial charge is 0.480 e. The van der Waals surface area contributed by atoms with Crippen LogP contribution in [0.5, 0.6) is 0 Å². The highest BCUT2D eigenvalue weighted by atomic mass is 32.1. The molecule has 3 amide bonds. The summed E-state index contributed by atoms with van der Waals surface area (Å²) in [6, 6.07) is -4.10. The molecule has 0 aliphatic rings. The molecule has 0 radical (unpaired) electrons. The van der Waals surface area contributed by atoms with Gasteiger partial charge in [-0.3, -0.25) is 14.4 Å². The highest BCUT2D eigenvalue weighted by Crippen LogP contribution is 2.05. The molecule has 1 aromatic rings. The third kappa shape index (κ3) is 9.80. The maximum atomic E-state index is 13.0. The Morgan fingerprint density at radius 3 is 2.24 bits per heavy atom. The van der Waals surface area contributed by atoms with Gasteiger partial charge in [0.15, 0.2) is 0 Å². The molecule has 0 fully saturated rings. The fourth-order valence-electron chi connectivity index (χ4n) is 2.98. The number of hydrogen-bond acceptors (Lipinski definition) is 8. The normalized spacial score (nSPS) is 14.7. The van der Waals surface area contributed by atoms with Gasteiger partial charge in [-0.15, -0.1) is 0 Å². The highest BCUT2D eigenvalue weighted by Gasteiger charge is 2.31. The van der Waals surface area contributed by atoms with E-state index < -0.39 is 47.9 Å². The summed E-state index contributed by atoms with van der Waals surface area (Å²) < 4.78 is 0. The fraction of sp³-hybridized carbons (Fsp3) is 0.650. The number of aromatic amines is 1. The van der Waals surface area contributed by atoms with Crippen molar-refractivity contribution in [3.05, 3.63) is 18.2 Å². The van der Waals surface area contributed by atoms with Crippen LogP contribution in [0, 0.1) is 5.92 Å². The molecule has 9 N–H and O–H groups in total. The summed E-state index contributed by atoms with van der Waals surface area (Å²) in [4.78, 5) is 56.2. The van der Waals surface area contributed by atoms with Crippen molar-refractivity contribution >= 4 is 36.3 Å². The molecule has 12 nitrogen and oxygen atoms in total. The van der Waals surface area contributed by atoms with Gasteiger partial charge in [-0.1, -0.05) is 20.3 Å². The molecular formula is C20H35N7O5S. The van der Waals surface area contributed by atoms with Gasteiger partial charge in [-0.25, -0.2) is 9.78 Å². The first-order valence-corrected chi connectivity index (χ1v) is 11.4. The number of carbonyl (C=O) groups is 4. The Labute approximate surface area is 198 Å². The predicted octanol–water partition coefficient (Wildman–Crippen LogP) is -1.47. The average Bonchev–Trinajstić information content (AvgIpc) is 3.27. The zero-order valence-corrected chi connectivity index (χ0v) is 19.8. The summed E-state index contributed by atoms with van der Waals surface area (Å²) in [7, 11) is 0. The van der Waals surface area contributed by atoms with E-state index in [1.807, 2.05) is 0 Å². The maximum Gasteiger partial charge on any atom is 0.326 e. The summed E-state index contributed by atoms with van der Waals surface area (Å²) in [6.07, 6.45) is 4.84. The number of thiol groups is 1. The Morgan fingerprint density at radius 2 is 1.73 bits per heavy atom. The molecule has 1 heterocycles. The second-order valence-corrected chi connectivity index (χ2v) is 8.41. The maximum absolute atomic E-state index is 13.0. The van der Waals surface area contributed by atoms with Crippen LogP contribution >= 0.6 is 12.6 Å². The predicted molar refractivity (Wildman–Crippen MR) is 125 cm³/mol. The van der Waals surface area contributed by atoms with E-state index >= 15 is 0 Å². The van der Waals surface area contributed by atoms with Crippen molar-refractivity contribution in [3.8, 4) is 0 Å². The molecule has 33 heavy (non-hydrogen) atoms. The van der Waals surface area contributed by atoms with E-state index in [-0.39, 0.29) is 18.1 Å². The van der Waals surface area contributed by atoms with Crippen molar-refractivity contribution in [1.82, 2.24) is 25.9 Å². The van der Waals surface area contributed by atoms with Crippen molar-refractivity contribution in [3.63, 3.8) is 0 Å². The van der Waals surface area contributed by atoms with E-state index in [0.29, 0.717) is 25.1 Å². The van der Waals surface area contributed by atoms with Crippen molar-refractivity contribution in [1.29, 1.82) is 0 Å². The van der Waals surface area contributed by atoms with Crippen molar-refractivity contribution in [2.45, 2.75) is 63.7 Å². The van der Waals surface area contributed by atoms with Gasteiger partial charge in [0.2, 0.25) is 17.7 Å². The summed E-state index contributed by atoms with van der Waals surface area (Å²) in [5.41, 5.74) is 12.0. The molecule has 4 atom stereocenters. The first kappa shape index (κ1) is 28.4. The van der Waals surface area contributed by atoms with Crippen LogP contribution in [-0.4, -0.2) is 75.2 Å². The van der Waals surface area contributed by atoms with Crippen LogP contribution in [0.1, 0.15) is 38.8 Å². The smallest absolute Gasteiger partial charge is 0.326 e. The Balaban J connectivity index is 2.89. The van der Waals surface area contributed by atoms with Gasteiger partial charge in [-0.2, -0.15) is 12.6 Å². The van der Waals surface area contributed by atoms with Crippen LogP contribution in [0.25, 0.3) is 0 Å². The number of aliphatic carboxylic acids is 1. The van der Waals surface area contributed by atoms with E-state index in [2.05, 4.69) is 38.5 Å². The van der Waals surface area contributed by atoms with Crippen LogP contribution in [0.2, 0.25) is 0 Å². The van der Waals surface area contributed by atoms with Gasteiger partial charge in [0.05, 0.1) is 12.4 Å². The lowest BCUT2D eigenvalue weighted by Crippen LogP contribution is -2.58. The molecule has 4 unspecified atom stereocenters. The topological polar surface area (TPSA) is 205 Å². The molecule has 0 aliphatic carbocycles. The van der Waals surface area contributed by atoms with Crippen LogP contribution < -0.4 is 27.4 Å². The number of nitrogens with two attached hydrogens (primary N) is 2. The zero-order chi connectivity index (χ0) is 25.0. The number of nitrogens with one attached hydrogen (secondary N) is 4. The van der Waals surface area contributed by atoms with E-state index in [0.717, 1.165) is 6.42 Å². The minimum atomic E-state index is -1.18. The number of carbonyl (C=O) groups excluding carboxylic acids is 3. The van der Waals surface area contributed by atoms with Gasteiger partial charge in [0.25, 0.3) is 0 Å². The molecular weight excluding hydrogens is 450 g/mol. The number of nitrogens with zero attached hydrogens (tertiary/aromatic N) is 1. The number of hydrogen-bond donors (Lipinski definition) is 8. The number of H-pyrrole nitrogens is 1. The van der Waals surface area contributed by atoms with Gasteiger partial charge in [0.1, 0.15) is 18.1 Å². The lowest BCUT2D eigenvalue weighted by atomic mass is 10.0. The highest BCUT2D eigenvalue weighted by molar-refractivity contribution is 7.80. The third-order valence-corrected chi connectivity index (χ3v) is 5.33. The summed E-state index contributed by atoms with van der Waals surface area (Å²) in [5, 5.41) is 16.9. The first-order chi connectivity index (χ1) is 15.6. The van der Waals surface area contributed by atoms with Crippen molar-refractivity contribution in [2.24, 2.45) is 17.4 Å². The van der Waals surface area contributed by atoms with Gasteiger partial charge < -0.3 is 37.5 Å². The molecule has 186 valence electrons. The molecule has 1 rings (SSSR count). The molecule has 0 spiro atoms. The molecule has 0 bridgehead atoms. The molecule has 0 saturated heterocycles. The van der Waals surface area contributed by atoms with Gasteiger partial charge in [-0.05, 0) is 25.3 Å². The van der Waals surface area contributed by atoms with Crippen LogP contribution in [0.3, 0.4) is 0 Å². The lowest BCUT2D eigenvalue weighted by Gasteiger charge is -2.25. The first-order valence-electron chi connectivity index (χ1n) is 10.8. The number of rotatable bonds is 15. The molecule has 0 aliphatic heterocycles. The van der Waals surface area contributed by atoms with Crippen LogP contribution in [0.4, 0.5) is 0 Å². The summed E-state index contributed by atoms with van der Waals surface area (Å²) in [5.74, 6) is -3.47. The van der Waals surface area contributed by atoms with Crippen molar-refractivity contribution < 1.29 is 24.3 Å². The van der Waals surface area contributed by atoms with E-state index in [9.17, 15) is 24.3 Å². The lowest BCUT2D eigenvalue weighted by molar-refractivity contribution is -0.143. The summed E-state index contributed by atoms with van der Waals surface area (Å²) in [6.45, 7) is 3.80. The second kappa shape index (κ2) is 14.5. The number of amides is 3. The van der Waals surface area contributed by atoms with E-state index in [1.54, 1.807) is 13.8 Å². The minimum Gasteiger partial charge on any atom is -0.480 e. The van der Waals surface area contributed by atoms with E-state index in [4.69, 9.17) is 11.5 Å². The van der Waals surface area contributed by atoms with Crippen LogP contribution in [0.15, 0.2) is 12.5 Å². The number of aromatic nitrogens is 2. The standard InChI is InChI=1S/C20H35N7O5S/c1-11(2)16(20(31)32)27-19(30)15(9-33)26-18(29)14(7-12-8-23-10-24-12)25-17(28)13(22)5-3-4-6-21/h8,10-11,13-16,33H,3-7,9,21-22H2,1-2H3,(H,23,24)(H,25,28)(H,26,29)(H,27,30)(H,31,32). The Morgan fingerprint density at radius 1 is 1.09 bits per heavy atom. The second-order valence-electron chi connectivity index (χ2n) is 8.05. The monoisotopic (exact) mass is 485 g/mol. The zero-order valence-electron chi connectivity index (χ0n) is 18.9. The Hall–Kier alpha value is -2.64. The molecule has 13 heteroatoms. The fourth-order valence-corrected chi connectivity index (χ4v) is 3.23. The molecule has 0 saturated carbocycles. The average molecular weight is 486 g/mol. The van der Waals surface area contributed by atoms with Crippen LogP contribution in [-0.2, 0) is 25.6 Å². The minimum absolute atomic E-state index is 0.0780. The molecule has 1 aromatic heterocycles. The quantitative estimate of drug-likeness (QED) is 0.108. The number of unbranched alkanes of at least 4 members (excludes halogenated alkanes) is 1. The Bertz CT molecular complexity index is 775. The van der Waals surface area contributed by atoms with Gasteiger partial charge >= 0.3 is 5.97 Å². The molecule has 0 aromatic carbocycles. The number of carboxylic acids is 1. The third-order valence-electron chi connectivity index (χ3n) is 4.96. The van der Waals surface area contributed by atoms with Gasteiger partial charge in [0, 0.05) is 24.1 Å².